The van der Waals surface area contributed by atoms with Gasteiger partial charge in [0.25, 0.3) is 0 Å². The highest BCUT2D eigenvalue weighted by atomic mass is 79.9. The fourth-order valence-electron chi connectivity index (χ4n) is 2.20. The van der Waals surface area contributed by atoms with Gasteiger partial charge in [-0.2, -0.15) is 0 Å². The fourth-order valence-corrected chi connectivity index (χ4v) is 2.60. The van der Waals surface area contributed by atoms with Crippen LogP contribution in [0.15, 0.2) is 16.7 Å². The minimum atomic E-state index is 0.0291. The quantitative estimate of drug-likeness (QED) is 0.862. The lowest BCUT2D eigenvalue weighted by Gasteiger charge is -2.22. The third kappa shape index (κ3) is 4.58. The van der Waals surface area contributed by atoms with Crippen LogP contribution in [0.1, 0.15) is 37.8 Å². The molecule has 1 unspecified atom stereocenters. The third-order valence-corrected chi connectivity index (χ3v) is 3.73. The molecule has 1 aliphatic rings. The second-order valence-electron chi connectivity index (χ2n) is 4.84. The summed E-state index contributed by atoms with van der Waals surface area (Å²) in [5.74, 6) is 0.0291. The van der Waals surface area contributed by atoms with Crippen LogP contribution in [0.25, 0.3) is 0 Å². The minimum absolute atomic E-state index is 0.0291. The highest BCUT2D eigenvalue weighted by Crippen LogP contribution is 2.19. The van der Waals surface area contributed by atoms with Gasteiger partial charge in [0.2, 0.25) is 5.91 Å². The lowest BCUT2D eigenvalue weighted by molar-refractivity contribution is -0.117. The van der Waals surface area contributed by atoms with Crippen LogP contribution in [-0.4, -0.2) is 23.6 Å². The van der Waals surface area contributed by atoms with Crippen molar-refractivity contribution in [3.8, 4) is 0 Å². The lowest BCUT2D eigenvalue weighted by Crippen LogP contribution is -2.22. The van der Waals surface area contributed by atoms with E-state index < -0.39 is 0 Å². The molecule has 4 nitrogen and oxygen atoms in total. The van der Waals surface area contributed by atoms with Crippen molar-refractivity contribution in [2.45, 2.75) is 45.1 Å². The Morgan fingerprint density at radius 2 is 2.37 bits per heavy atom. The standard InChI is InChI=1S/C14H19BrN2O2/c1-10-12(6-7-13(15)16-10)17-14(18)8-5-11-4-2-3-9-19-11/h6-7,11H,2-5,8-9H2,1H3,(H,17,18). The second-order valence-corrected chi connectivity index (χ2v) is 5.65. The summed E-state index contributed by atoms with van der Waals surface area (Å²) in [5.41, 5.74) is 1.59. The number of hydrogen-bond acceptors (Lipinski definition) is 3. The Balaban J connectivity index is 1.80. The summed E-state index contributed by atoms with van der Waals surface area (Å²) in [5, 5.41) is 2.90. The van der Waals surface area contributed by atoms with E-state index in [1.54, 1.807) is 0 Å². The van der Waals surface area contributed by atoms with Crippen molar-refractivity contribution in [2.24, 2.45) is 0 Å². The molecule has 0 aliphatic carbocycles. The number of nitrogens with one attached hydrogen (secondary N) is 1. The molecule has 1 amide bonds. The van der Waals surface area contributed by atoms with E-state index in [0.717, 1.165) is 41.9 Å². The second kappa shape index (κ2) is 7.01. The largest absolute Gasteiger partial charge is 0.378 e. The number of rotatable bonds is 4. The monoisotopic (exact) mass is 326 g/mol. The number of carbonyl (C=O) groups is 1. The van der Waals surface area contributed by atoms with E-state index in [4.69, 9.17) is 4.74 Å². The van der Waals surface area contributed by atoms with Crippen LogP contribution in [0.5, 0.6) is 0 Å². The van der Waals surface area contributed by atoms with Crippen molar-refractivity contribution in [1.29, 1.82) is 0 Å². The highest BCUT2D eigenvalue weighted by molar-refractivity contribution is 9.10. The SMILES string of the molecule is Cc1nc(Br)ccc1NC(=O)CCC1CCCCO1. The van der Waals surface area contributed by atoms with Crippen LogP contribution in [0, 0.1) is 6.92 Å². The van der Waals surface area contributed by atoms with Gasteiger partial charge >= 0.3 is 0 Å². The van der Waals surface area contributed by atoms with E-state index in [1.807, 2.05) is 19.1 Å². The first-order valence-electron chi connectivity index (χ1n) is 6.70. The maximum atomic E-state index is 11.9. The van der Waals surface area contributed by atoms with Gasteiger partial charge in [-0.15, -0.1) is 0 Å². The molecule has 0 saturated carbocycles. The Labute approximate surface area is 122 Å². The van der Waals surface area contributed by atoms with Crippen LogP contribution in [0.4, 0.5) is 5.69 Å². The average Bonchev–Trinajstić information content (AvgIpc) is 2.41. The van der Waals surface area contributed by atoms with E-state index in [2.05, 4.69) is 26.2 Å². The Kier molecular flexibility index (Phi) is 5.34. The zero-order valence-corrected chi connectivity index (χ0v) is 12.7. The molecule has 1 saturated heterocycles. The molecular weight excluding hydrogens is 308 g/mol. The van der Waals surface area contributed by atoms with Gasteiger partial charge in [0.15, 0.2) is 0 Å². The molecule has 104 valence electrons. The number of nitrogens with zero attached hydrogens (tertiary/aromatic N) is 1. The smallest absolute Gasteiger partial charge is 0.224 e. The molecule has 2 rings (SSSR count). The summed E-state index contributed by atoms with van der Waals surface area (Å²) in [7, 11) is 0. The molecule has 1 aliphatic heterocycles. The van der Waals surface area contributed by atoms with Gasteiger partial charge < -0.3 is 10.1 Å². The molecule has 1 aromatic heterocycles. The summed E-state index contributed by atoms with van der Waals surface area (Å²) in [4.78, 5) is 16.1. The highest BCUT2D eigenvalue weighted by Gasteiger charge is 2.15. The van der Waals surface area contributed by atoms with E-state index in [0.29, 0.717) is 6.42 Å². The summed E-state index contributed by atoms with van der Waals surface area (Å²) in [6.45, 7) is 2.71. The Morgan fingerprint density at radius 3 is 3.05 bits per heavy atom. The molecule has 0 spiro atoms. The van der Waals surface area contributed by atoms with E-state index in [-0.39, 0.29) is 12.0 Å². The van der Waals surface area contributed by atoms with Crippen molar-refractivity contribution in [3.05, 3.63) is 22.4 Å². The van der Waals surface area contributed by atoms with Crippen LogP contribution in [-0.2, 0) is 9.53 Å². The molecule has 2 heterocycles. The zero-order valence-electron chi connectivity index (χ0n) is 11.1. The van der Waals surface area contributed by atoms with Gasteiger partial charge in [0.1, 0.15) is 4.60 Å². The molecule has 1 aromatic rings. The number of aryl methyl sites for hydroxylation is 1. The Morgan fingerprint density at radius 1 is 1.53 bits per heavy atom. The van der Waals surface area contributed by atoms with Gasteiger partial charge in [0.05, 0.1) is 17.5 Å². The van der Waals surface area contributed by atoms with Crippen LogP contribution in [0.2, 0.25) is 0 Å². The van der Waals surface area contributed by atoms with Gasteiger partial charge in [-0.1, -0.05) is 0 Å². The van der Waals surface area contributed by atoms with E-state index in [1.165, 1.54) is 6.42 Å². The number of ether oxygens (including phenoxy) is 1. The topological polar surface area (TPSA) is 51.2 Å². The van der Waals surface area contributed by atoms with E-state index >= 15 is 0 Å². The Bertz CT molecular complexity index is 445. The maximum absolute atomic E-state index is 11.9. The first kappa shape index (κ1) is 14.5. The molecule has 5 heteroatoms. The number of amides is 1. The molecule has 1 N–H and O–H groups in total. The van der Waals surface area contributed by atoms with Crippen molar-refractivity contribution in [3.63, 3.8) is 0 Å². The van der Waals surface area contributed by atoms with Gasteiger partial charge in [-0.3, -0.25) is 4.79 Å². The first-order valence-corrected chi connectivity index (χ1v) is 7.49. The molecular formula is C14H19BrN2O2. The molecule has 0 radical (unpaired) electrons. The fraction of sp³-hybridized carbons (Fsp3) is 0.571. The third-order valence-electron chi connectivity index (χ3n) is 3.29. The van der Waals surface area contributed by atoms with Crippen LogP contribution >= 0.6 is 15.9 Å². The van der Waals surface area contributed by atoms with Crippen molar-refractivity contribution in [1.82, 2.24) is 4.98 Å². The minimum Gasteiger partial charge on any atom is -0.378 e. The predicted molar refractivity (Wildman–Crippen MR) is 78.1 cm³/mol. The van der Waals surface area contributed by atoms with Crippen LogP contribution in [0.3, 0.4) is 0 Å². The normalized spacial score (nSPS) is 19.2. The first-order chi connectivity index (χ1) is 9.15. The van der Waals surface area contributed by atoms with Crippen molar-refractivity contribution >= 4 is 27.5 Å². The number of carbonyl (C=O) groups excluding carboxylic acids is 1. The molecule has 1 fully saturated rings. The number of pyridine rings is 1. The molecule has 1 atom stereocenters. The Hall–Kier alpha value is -0.940. The summed E-state index contributed by atoms with van der Waals surface area (Å²) >= 11 is 3.30. The lowest BCUT2D eigenvalue weighted by atomic mass is 10.0. The molecule has 0 aromatic carbocycles. The number of halogens is 1. The summed E-state index contributed by atoms with van der Waals surface area (Å²) in [6, 6.07) is 3.69. The van der Waals surface area contributed by atoms with Gasteiger partial charge in [-0.25, -0.2) is 4.98 Å². The zero-order chi connectivity index (χ0) is 13.7. The molecule has 19 heavy (non-hydrogen) atoms. The van der Waals surface area contributed by atoms with E-state index in [9.17, 15) is 4.79 Å². The summed E-state index contributed by atoms with van der Waals surface area (Å²) in [6.07, 6.45) is 4.99. The number of anilines is 1. The van der Waals surface area contributed by atoms with Crippen LogP contribution < -0.4 is 5.32 Å². The van der Waals surface area contributed by atoms with Gasteiger partial charge in [-0.05, 0) is 60.7 Å². The van der Waals surface area contributed by atoms with Crippen molar-refractivity contribution in [2.75, 3.05) is 11.9 Å². The average molecular weight is 327 g/mol. The van der Waals surface area contributed by atoms with Crippen molar-refractivity contribution < 1.29 is 9.53 Å². The molecule has 0 bridgehead atoms. The maximum Gasteiger partial charge on any atom is 0.224 e. The predicted octanol–water partition coefficient (Wildman–Crippen LogP) is 3.44. The number of hydrogen-bond donors (Lipinski definition) is 1. The summed E-state index contributed by atoms with van der Waals surface area (Å²) < 4.78 is 6.40. The number of aromatic nitrogens is 1. The van der Waals surface area contributed by atoms with Gasteiger partial charge in [0, 0.05) is 13.0 Å².